The number of hydrogen-bond donors (Lipinski definition) is 9. The number of nitrogens with one attached hydrogen (secondary N) is 2. The van der Waals surface area contributed by atoms with E-state index in [9.17, 15) is 68.7 Å². The van der Waals surface area contributed by atoms with Crippen molar-refractivity contribution in [1.82, 2.24) is 10.6 Å². The monoisotopic (exact) mass is 989 g/mol. The number of carbonyl (C=O) groups is 7. The maximum Gasteiger partial charge on any atom is 0.567 e. The minimum atomic E-state index is -5.29. The molecule has 0 aromatic heterocycles. The molecule has 0 aromatic rings. The van der Waals surface area contributed by atoms with Crippen LogP contribution in [0.15, 0.2) is 0 Å². The van der Waals surface area contributed by atoms with Crippen molar-refractivity contribution in [2.45, 2.75) is 205 Å². The smallest absolute Gasteiger partial charge is 0.462 e. The standard InChI is InChI=1S/C41H69N2O23P/c1-10-23(46)16-33(52)64-36-34(53)27(62-38(54)40(36,8)42-28(47)17-24(11-2)60-30(49)13-4)20-58-39-41(9,43-29(48)18-25(12-3)61-31(50)14-5)37(65-32(51)15-21(6)59-22(7)45)35(26(19-44)63-39)66-67(55,56)57/h21,23-27,34-39,44,46,53-57H,10-20H2,1-9H3,(H-,42,43,47,48)/p+1. The summed E-state index contributed by atoms with van der Waals surface area (Å²) in [6.45, 7) is 10.8. The fourth-order valence-corrected chi connectivity index (χ4v) is 7.78. The van der Waals surface area contributed by atoms with Gasteiger partial charge in [0.1, 0.15) is 47.7 Å². The summed E-state index contributed by atoms with van der Waals surface area (Å²) >= 11 is 0. The van der Waals surface area contributed by atoms with Crippen LogP contribution in [0, 0.1) is 0 Å². The Labute approximate surface area is 389 Å². The molecule has 0 aliphatic carbocycles. The third-order valence-electron chi connectivity index (χ3n) is 10.9. The molecule has 2 amide bonds. The number of ether oxygens (including phenoxy) is 8. The van der Waals surface area contributed by atoms with Gasteiger partial charge in [-0.25, -0.2) is 0 Å². The lowest BCUT2D eigenvalue weighted by Crippen LogP contribution is -2.74. The zero-order chi connectivity index (χ0) is 51.0. The molecule has 9 N–H and O–H groups in total. The fraction of sp³-hybridized carbons (Fsp3) is 0.829. The first-order valence-corrected chi connectivity index (χ1v) is 23.7. The van der Waals surface area contributed by atoms with E-state index in [1.54, 1.807) is 27.7 Å². The van der Waals surface area contributed by atoms with Gasteiger partial charge in [-0.05, 0) is 40.0 Å². The van der Waals surface area contributed by atoms with Crippen LogP contribution < -0.4 is 10.6 Å². The average molecular weight is 990 g/mol. The van der Waals surface area contributed by atoms with Crippen molar-refractivity contribution in [2.24, 2.45) is 0 Å². The van der Waals surface area contributed by atoms with Crippen LogP contribution in [0.4, 0.5) is 0 Å². The highest BCUT2D eigenvalue weighted by Gasteiger charge is 2.63. The van der Waals surface area contributed by atoms with Gasteiger partial charge >= 0.3 is 38.0 Å². The van der Waals surface area contributed by atoms with E-state index in [-0.39, 0.29) is 32.1 Å². The molecule has 0 saturated carbocycles. The molecule has 67 heavy (non-hydrogen) atoms. The van der Waals surface area contributed by atoms with Gasteiger partial charge in [0.05, 0.1) is 45.0 Å². The van der Waals surface area contributed by atoms with Crippen LogP contribution in [-0.2, 0) is 76.0 Å². The van der Waals surface area contributed by atoms with E-state index in [0.717, 1.165) is 6.92 Å². The number of rotatable bonds is 26. The van der Waals surface area contributed by atoms with Crippen molar-refractivity contribution < 1.29 is 111 Å². The molecule has 0 bridgehead atoms. The SMILES string of the molecule is CCC(=O)OC(CC)CC(=O)NC1(C)C(O)OC(COC2OC(CO)C(O[P+](O)(O)O)C(OC(=O)CC(C)OC(C)=O)C2(C)NC(=O)CC(CC)OC(=O)CC)C(O)C1OC(=O)CC(O)CC. The van der Waals surface area contributed by atoms with Gasteiger partial charge in [0.25, 0.3) is 0 Å². The number of aliphatic hydroxyl groups excluding tert-OH is 4. The van der Waals surface area contributed by atoms with Gasteiger partial charge < -0.3 is 69.0 Å². The second-order valence-electron chi connectivity index (χ2n) is 16.7. The third-order valence-corrected chi connectivity index (χ3v) is 11.5. The maximum absolute atomic E-state index is 13.9. The highest BCUT2D eigenvalue weighted by atomic mass is 31.2. The van der Waals surface area contributed by atoms with Crippen molar-refractivity contribution in [3.8, 4) is 0 Å². The van der Waals surface area contributed by atoms with Gasteiger partial charge in [0.2, 0.25) is 11.8 Å². The molecule has 386 valence electrons. The predicted molar refractivity (Wildman–Crippen MR) is 227 cm³/mol. The van der Waals surface area contributed by atoms with E-state index in [2.05, 4.69) is 10.6 Å². The summed E-state index contributed by atoms with van der Waals surface area (Å²) in [5, 5.41) is 49.1. The molecule has 0 aromatic carbocycles. The lowest BCUT2D eigenvalue weighted by molar-refractivity contribution is -0.321. The van der Waals surface area contributed by atoms with Crippen molar-refractivity contribution in [3.63, 3.8) is 0 Å². The Morgan fingerprint density at radius 3 is 1.66 bits per heavy atom. The minimum absolute atomic E-state index is 0.0230. The first-order chi connectivity index (χ1) is 31.2. The second-order valence-corrected chi connectivity index (χ2v) is 17.9. The summed E-state index contributed by atoms with van der Waals surface area (Å²) < 4.78 is 50.0. The quantitative estimate of drug-likeness (QED) is 0.0290. The summed E-state index contributed by atoms with van der Waals surface area (Å²) in [6, 6.07) is 0. The Morgan fingerprint density at radius 1 is 0.687 bits per heavy atom. The van der Waals surface area contributed by atoms with Crippen LogP contribution in [0.3, 0.4) is 0 Å². The molecule has 2 aliphatic heterocycles. The Morgan fingerprint density at radius 2 is 1.19 bits per heavy atom. The number of hydrogen-bond acceptors (Lipinski definition) is 23. The average Bonchev–Trinajstić information content (AvgIpc) is 3.23. The molecule has 26 heteroatoms. The van der Waals surface area contributed by atoms with E-state index in [1.807, 2.05) is 0 Å². The first-order valence-electron chi connectivity index (χ1n) is 22.1. The van der Waals surface area contributed by atoms with Crippen molar-refractivity contribution >= 4 is 49.8 Å². The molecule has 0 radical (unpaired) electrons. The molecule has 25 nitrogen and oxygen atoms in total. The summed E-state index contributed by atoms with van der Waals surface area (Å²) in [7, 11) is -5.29. The number of esters is 5. The molecular formula is C41H70N2O23P+. The molecule has 2 rings (SSSR count). The van der Waals surface area contributed by atoms with Gasteiger partial charge in [0.15, 0.2) is 30.9 Å². The van der Waals surface area contributed by atoms with Gasteiger partial charge in [-0.2, -0.15) is 14.7 Å². The number of amides is 2. The lowest BCUT2D eigenvalue weighted by Gasteiger charge is -2.52. The molecular weight excluding hydrogens is 919 g/mol. The Balaban J connectivity index is 2.68. The van der Waals surface area contributed by atoms with Gasteiger partial charge in [0, 0.05) is 19.8 Å². The van der Waals surface area contributed by atoms with E-state index in [4.69, 9.17) is 42.4 Å². The topological polar surface area (TPSA) is 368 Å². The fourth-order valence-electron chi connectivity index (χ4n) is 7.21. The first kappa shape index (κ1) is 59.4. The van der Waals surface area contributed by atoms with Gasteiger partial charge in [-0.3, -0.25) is 33.6 Å². The van der Waals surface area contributed by atoms with E-state index < -0.39 is 173 Å². The van der Waals surface area contributed by atoms with E-state index in [1.165, 1.54) is 27.7 Å². The normalized spacial score (nSPS) is 29.3. The molecule has 2 aliphatic rings. The summed E-state index contributed by atoms with van der Waals surface area (Å²) in [6.07, 6.45) is -21.2. The van der Waals surface area contributed by atoms with E-state index in [0.29, 0.717) is 0 Å². The minimum Gasteiger partial charge on any atom is -0.462 e. The van der Waals surface area contributed by atoms with Crippen molar-refractivity contribution in [2.75, 3.05) is 13.2 Å². The highest BCUT2D eigenvalue weighted by Crippen LogP contribution is 2.51. The Kier molecular flexibility index (Phi) is 23.8. The lowest BCUT2D eigenvalue weighted by atomic mass is 9.83. The zero-order valence-corrected chi connectivity index (χ0v) is 40.2. The van der Waals surface area contributed by atoms with Crippen LogP contribution >= 0.6 is 8.17 Å². The van der Waals surface area contributed by atoms with E-state index >= 15 is 0 Å². The summed E-state index contributed by atoms with van der Waals surface area (Å²) in [5.41, 5.74) is -4.41. The third kappa shape index (κ3) is 18.0. The van der Waals surface area contributed by atoms with Crippen molar-refractivity contribution in [1.29, 1.82) is 0 Å². The predicted octanol–water partition coefficient (Wildman–Crippen LogP) is -0.842. The Bertz CT molecular complexity index is 1670. The van der Waals surface area contributed by atoms with Crippen molar-refractivity contribution in [3.05, 3.63) is 0 Å². The molecule has 0 spiro atoms. The summed E-state index contributed by atoms with van der Waals surface area (Å²) in [5.74, 6) is -5.89. The zero-order valence-electron chi connectivity index (χ0n) is 39.3. The second kappa shape index (κ2) is 26.9. The number of aliphatic hydroxyl groups is 4. The van der Waals surface area contributed by atoms with Gasteiger partial charge in [-0.15, -0.1) is 4.52 Å². The summed E-state index contributed by atoms with van der Waals surface area (Å²) in [4.78, 5) is 120. The molecule has 2 fully saturated rings. The molecule has 2 heterocycles. The highest BCUT2D eigenvalue weighted by molar-refractivity contribution is 7.53. The maximum atomic E-state index is 13.9. The molecule has 2 saturated heterocycles. The number of carbonyl (C=O) groups excluding carboxylic acids is 7. The van der Waals surface area contributed by atoms with Crippen LogP contribution in [0.2, 0.25) is 0 Å². The van der Waals surface area contributed by atoms with Crippen LogP contribution in [0.25, 0.3) is 0 Å². The van der Waals surface area contributed by atoms with Gasteiger partial charge in [-0.1, -0.05) is 34.6 Å². The van der Waals surface area contributed by atoms with Crippen LogP contribution in [0.1, 0.15) is 120 Å². The van der Waals surface area contributed by atoms with Crippen LogP contribution in [0.5, 0.6) is 0 Å². The molecule has 14 atom stereocenters. The Hall–Kier alpha value is -3.72. The molecule has 14 unspecified atom stereocenters. The van der Waals surface area contributed by atoms with Crippen LogP contribution in [-0.4, -0.2) is 175 Å². The largest absolute Gasteiger partial charge is 0.567 e.